The summed E-state index contributed by atoms with van der Waals surface area (Å²) >= 11 is 0. The molecule has 1 aliphatic heterocycles. The van der Waals surface area contributed by atoms with Crippen molar-refractivity contribution < 1.29 is 17.9 Å². The lowest BCUT2D eigenvalue weighted by Gasteiger charge is -2.40. The quantitative estimate of drug-likeness (QED) is 0.423. The lowest BCUT2D eigenvalue weighted by molar-refractivity contribution is -0.140. The molecule has 1 fully saturated rings. The van der Waals surface area contributed by atoms with E-state index in [-0.39, 0.29) is 11.9 Å². The Morgan fingerprint density at radius 2 is 1.38 bits per heavy atom. The van der Waals surface area contributed by atoms with Crippen molar-refractivity contribution in [1.82, 2.24) is 9.80 Å². The zero-order chi connectivity index (χ0) is 26.4. The summed E-state index contributed by atoms with van der Waals surface area (Å²) in [4.78, 5) is 17.7. The number of ether oxygens (including phenoxy) is 1. The minimum absolute atomic E-state index is 0.0181. The van der Waals surface area contributed by atoms with Gasteiger partial charge in [-0.2, -0.15) is 0 Å². The Morgan fingerprint density at radius 1 is 0.865 bits per heavy atom. The highest BCUT2D eigenvalue weighted by atomic mass is 32.2. The Kier molecular flexibility index (Phi) is 8.51. The first kappa shape index (κ1) is 26.7. The van der Waals surface area contributed by atoms with Crippen LogP contribution in [0.3, 0.4) is 0 Å². The molecule has 0 aliphatic carbocycles. The second-order valence-electron chi connectivity index (χ2n) is 9.32. The first-order valence-electron chi connectivity index (χ1n) is 12.6. The summed E-state index contributed by atoms with van der Waals surface area (Å²) in [7, 11) is -1.84. The number of amides is 1. The number of hydrogen-bond acceptors (Lipinski definition) is 5. The lowest BCUT2D eigenvalue weighted by Crippen LogP contribution is -2.53. The number of sulfonamides is 1. The van der Waals surface area contributed by atoms with Crippen molar-refractivity contribution in [3.63, 3.8) is 0 Å². The summed E-state index contributed by atoms with van der Waals surface area (Å²) in [6.45, 7) is 4.73. The summed E-state index contributed by atoms with van der Waals surface area (Å²) < 4.78 is 30.8. The van der Waals surface area contributed by atoms with Crippen molar-refractivity contribution >= 4 is 21.6 Å². The van der Waals surface area contributed by atoms with Crippen molar-refractivity contribution in [2.45, 2.75) is 25.5 Å². The molecule has 0 saturated carbocycles. The molecule has 0 N–H and O–H groups in total. The van der Waals surface area contributed by atoms with E-state index < -0.39 is 16.1 Å². The second kappa shape index (κ2) is 11.8. The van der Waals surface area contributed by atoms with E-state index in [0.29, 0.717) is 30.9 Å². The summed E-state index contributed by atoms with van der Waals surface area (Å²) in [5.74, 6) is 0.521. The molecule has 4 rings (SSSR count). The number of carbonyl (C=O) groups is 1. The zero-order valence-electron chi connectivity index (χ0n) is 21.7. The first-order valence-corrected chi connectivity index (χ1v) is 14.5. The number of anilines is 1. The molecule has 1 amide bonds. The van der Waals surface area contributed by atoms with Gasteiger partial charge in [-0.15, -0.1) is 0 Å². The number of carbonyl (C=O) groups excluding carboxylic acids is 1. The molecule has 0 aromatic heterocycles. The van der Waals surface area contributed by atoms with Crippen LogP contribution in [0, 0.1) is 0 Å². The number of nitrogens with zero attached hydrogens (tertiary/aromatic N) is 3. The predicted octanol–water partition coefficient (Wildman–Crippen LogP) is 4.17. The normalized spacial score (nSPS) is 15.4. The van der Waals surface area contributed by atoms with E-state index in [1.54, 1.807) is 24.3 Å². The maximum absolute atomic E-state index is 13.4. The lowest BCUT2D eigenvalue weighted by atomic mass is 9.96. The highest BCUT2D eigenvalue weighted by molar-refractivity contribution is 7.92. The van der Waals surface area contributed by atoms with E-state index >= 15 is 0 Å². The van der Waals surface area contributed by atoms with Gasteiger partial charge in [0.2, 0.25) is 10.0 Å². The van der Waals surface area contributed by atoms with E-state index in [1.165, 1.54) is 22.5 Å². The van der Waals surface area contributed by atoms with Crippen LogP contribution in [0.25, 0.3) is 0 Å². The van der Waals surface area contributed by atoms with Gasteiger partial charge in [0.25, 0.3) is 5.91 Å². The first-order chi connectivity index (χ1) is 17.8. The monoisotopic (exact) mass is 521 g/mol. The van der Waals surface area contributed by atoms with Gasteiger partial charge in [0.1, 0.15) is 5.75 Å². The fourth-order valence-electron chi connectivity index (χ4n) is 4.69. The smallest absolute Gasteiger partial charge is 0.263 e. The highest BCUT2D eigenvalue weighted by Crippen LogP contribution is 2.30. The Balaban J connectivity index is 1.40. The van der Waals surface area contributed by atoms with Crippen LogP contribution in [0.2, 0.25) is 0 Å². The van der Waals surface area contributed by atoms with E-state index in [2.05, 4.69) is 53.4 Å². The molecule has 37 heavy (non-hydrogen) atoms. The van der Waals surface area contributed by atoms with Crippen LogP contribution in [0.4, 0.5) is 5.69 Å². The van der Waals surface area contributed by atoms with E-state index in [9.17, 15) is 13.2 Å². The minimum atomic E-state index is -3.34. The van der Waals surface area contributed by atoms with E-state index in [0.717, 1.165) is 19.3 Å². The Hall–Kier alpha value is -3.36. The molecule has 3 aromatic carbocycles. The number of hydrogen-bond donors (Lipinski definition) is 0. The predicted molar refractivity (Wildman–Crippen MR) is 147 cm³/mol. The van der Waals surface area contributed by atoms with Crippen LogP contribution in [0.1, 0.15) is 30.5 Å². The summed E-state index contributed by atoms with van der Waals surface area (Å²) in [6.07, 6.45) is 1.11. The van der Waals surface area contributed by atoms with Crippen molar-refractivity contribution in [3.05, 3.63) is 96.1 Å². The SMILES string of the molecule is CC[C@H](Oc1ccc(N(C)S(C)(=O)=O)cc1)C(=O)N1CCN(C(c2ccccc2)c2ccccc2)CC1. The molecule has 1 heterocycles. The van der Waals surface area contributed by atoms with Gasteiger partial charge in [-0.05, 0) is 41.8 Å². The zero-order valence-corrected chi connectivity index (χ0v) is 22.5. The molecular formula is C29H35N3O4S. The molecule has 0 unspecified atom stereocenters. The third-order valence-electron chi connectivity index (χ3n) is 6.84. The van der Waals surface area contributed by atoms with Crippen LogP contribution in [0.15, 0.2) is 84.9 Å². The van der Waals surface area contributed by atoms with Gasteiger partial charge < -0.3 is 9.64 Å². The average molecular weight is 522 g/mol. The molecule has 3 aromatic rings. The summed E-state index contributed by atoms with van der Waals surface area (Å²) in [5.41, 5.74) is 3.03. The fraction of sp³-hybridized carbons (Fsp3) is 0.345. The molecule has 0 spiro atoms. The van der Waals surface area contributed by atoms with Crippen LogP contribution in [-0.2, 0) is 14.8 Å². The molecule has 0 bridgehead atoms. The Bertz CT molecular complexity index is 1220. The van der Waals surface area contributed by atoms with Crippen LogP contribution < -0.4 is 9.04 Å². The third kappa shape index (κ3) is 6.50. The second-order valence-corrected chi connectivity index (χ2v) is 11.3. The van der Waals surface area contributed by atoms with Gasteiger partial charge in [0.05, 0.1) is 18.0 Å². The maximum Gasteiger partial charge on any atom is 0.263 e. The van der Waals surface area contributed by atoms with E-state index in [4.69, 9.17) is 4.74 Å². The fourth-order valence-corrected chi connectivity index (χ4v) is 5.19. The van der Waals surface area contributed by atoms with Crippen LogP contribution in [0.5, 0.6) is 5.75 Å². The number of piperazine rings is 1. The van der Waals surface area contributed by atoms with E-state index in [1.807, 2.05) is 24.0 Å². The van der Waals surface area contributed by atoms with Crippen LogP contribution in [-0.4, -0.2) is 69.7 Å². The standard InChI is InChI=1S/C29H35N3O4S/c1-4-27(36-26-17-15-25(16-18-26)30(2)37(3,34)35)29(33)32-21-19-31(20-22-32)28(23-11-7-5-8-12-23)24-13-9-6-10-14-24/h5-18,27-28H,4,19-22H2,1-3H3/t27-/m0/s1. The minimum Gasteiger partial charge on any atom is -0.481 e. The van der Waals surface area contributed by atoms with Gasteiger partial charge in [-0.1, -0.05) is 67.6 Å². The van der Waals surface area contributed by atoms with Gasteiger partial charge in [-0.3, -0.25) is 14.0 Å². The summed E-state index contributed by atoms with van der Waals surface area (Å²) in [6, 6.07) is 27.9. The number of rotatable bonds is 9. The van der Waals surface area contributed by atoms with Gasteiger partial charge in [0.15, 0.2) is 6.10 Å². The Morgan fingerprint density at radius 3 is 1.84 bits per heavy atom. The largest absolute Gasteiger partial charge is 0.481 e. The van der Waals surface area contributed by atoms with Crippen molar-refractivity contribution in [3.8, 4) is 5.75 Å². The molecule has 1 atom stereocenters. The molecular weight excluding hydrogens is 486 g/mol. The van der Waals surface area contributed by atoms with Crippen molar-refractivity contribution in [1.29, 1.82) is 0 Å². The van der Waals surface area contributed by atoms with Gasteiger partial charge in [-0.25, -0.2) is 8.42 Å². The van der Waals surface area contributed by atoms with Gasteiger partial charge >= 0.3 is 0 Å². The number of benzene rings is 3. The molecule has 8 heteroatoms. The molecule has 196 valence electrons. The molecule has 1 aliphatic rings. The topological polar surface area (TPSA) is 70.2 Å². The molecule has 0 radical (unpaired) electrons. The molecule has 7 nitrogen and oxygen atoms in total. The average Bonchev–Trinajstić information content (AvgIpc) is 2.92. The van der Waals surface area contributed by atoms with Crippen LogP contribution >= 0.6 is 0 Å². The van der Waals surface area contributed by atoms with Gasteiger partial charge in [0, 0.05) is 33.2 Å². The highest BCUT2D eigenvalue weighted by Gasteiger charge is 2.31. The maximum atomic E-state index is 13.4. The molecule has 1 saturated heterocycles. The third-order valence-corrected chi connectivity index (χ3v) is 8.05. The Labute approximate surface area is 220 Å². The van der Waals surface area contributed by atoms with Crippen molar-refractivity contribution in [2.24, 2.45) is 0 Å². The summed E-state index contributed by atoms with van der Waals surface area (Å²) in [5, 5.41) is 0. The van der Waals surface area contributed by atoms with Crippen molar-refractivity contribution in [2.75, 3.05) is 43.8 Å².